The highest BCUT2D eigenvalue weighted by Gasteiger charge is 2.96. The maximum Gasteiger partial charge on any atom is 0.460 e. The van der Waals surface area contributed by atoms with Crippen molar-refractivity contribution in [2.45, 2.75) is 150 Å². The highest BCUT2D eigenvalue weighted by atomic mass is 19.4. The molecule has 19 heteroatoms. The zero-order chi connectivity index (χ0) is 40.7. The summed E-state index contributed by atoms with van der Waals surface area (Å²) in [6, 6.07) is 1.39. The smallest absolute Gasteiger partial charge is 0.194 e. The fourth-order valence-electron chi connectivity index (χ4n) is 7.37. The molecule has 1 aromatic rings. The minimum atomic E-state index is -8.92. The van der Waals surface area contributed by atoms with Crippen LogP contribution in [-0.2, 0) is 12.3 Å². The number of rotatable bonds is 16. The van der Waals surface area contributed by atoms with Crippen molar-refractivity contribution in [3.8, 4) is 0 Å². The summed E-state index contributed by atoms with van der Waals surface area (Å²) in [4.78, 5) is 0. The van der Waals surface area contributed by atoms with E-state index in [0.717, 1.165) is 50.9 Å². The first-order valence-corrected chi connectivity index (χ1v) is 17.1. The van der Waals surface area contributed by atoms with Crippen molar-refractivity contribution in [3.05, 3.63) is 35.4 Å². The molecule has 0 N–H and O–H groups in total. The Morgan fingerprint density at radius 1 is 0.434 bits per heavy atom. The van der Waals surface area contributed by atoms with E-state index in [4.69, 9.17) is 0 Å². The van der Waals surface area contributed by atoms with Gasteiger partial charge in [-0.15, -0.1) is 0 Å². The Morgan fingerprint density at radius 2 is 0.792 bits per heavy atom. The summed E-state index contributed by atoms with van der Waals surface area (Å²) in [7, 11) is 0. The summed E-state index contributed by atoms with van der Waals surface area (Å²) in [5.74, 6) is -64.5. The van der Waals surface area contributed by atoms with Gasteiger partial charge in [-0.25, -0.2) is 0 Å². The summed E-state index contributed by atoms with van der Waals surface area (Å²) in [6.07, 6.45) is 5.91. The first kappa shape index (κ1) is 45.3. The monoisotopic (exact) mass is 808 g/mol. The number of alkyl halides is 19. The van der Waals surface area contributed by atoms with Gasteiger partial charge in [0.15, 0.2) is 0 Å². The molecule has 308 valence electrons. The second-order valence-corrected chi connectivity index (χ2v) is 14.4. The number of hydrogen-bond acceptors (Lipinski definition) is 0. The molecule has 1 aromatic carbocycles. The quantitative estimate of drug-likeness (QED) is 0.115. The number of halogens is 19. The Labute approximate surface area is 293 Å². The molecule has 0 amide bonds. The molecule has 0 saturated heterocycles. The first-order chi connectivity index (χ1) is 24.0. The lowest BCUT2D eigenvalue weighted by molar-refractivity contribution is -0.469. The van der Waals surface area contributed by atoms with Gasteiger partial charge in [-0.3, -0.25) is 0 Å². The predicted molar refractivity (Wildman–Crippen MR) is 154 cm³/mol. The third-order valence-electron chi connectivity index (χ3n) is 10.9. The van der Waals surface area contributed by atoms with Crippen molar-refractivity contribution in [3.63, 3.8) is 0 Å². The molecule has 0 aromatic heterocycles. The van der Waals surface area contributed by atoms with E-state index in [9.17, 15) is 83.4 Å². The molecular weight excluding hydrogens is 769 g/mol. The lowest BCUT2D eigenvalue weighted by Crippen LogP contribution is -2.75. The van der Waals surface area contributed by atoms with E-state index in [-0.39, 0.29) is 30.0 Å². The van der Waals surface area contributed by atoms with E-state index in [1.54, 1.807) is 0 Å². The topological polar surface area (TPSA) is 0 Å². The van der Waals surface area contributed by atoms with Crippen LogP contribution in [0.3, 0.4) is 0 Å². The highest BCUT2D eigenvalue weighted by Crippen LogP contribution is 2.66. The van der Waals surface area contributed by atoms with Gasteiger partial charge in [0, 0.05) is 5.56 Å². The molecule has 0 atom stereocenters. The SMILES string of the molecule is CCCCCC1CCC(C2CCC(CCc3ccc(C(F)(F)C(F)(F)C(F)(F)C(F)(F)C(F)(F)C(F)(F)C(F)(F)C(F)(F)C(F)(F)F)cc3)CC2)CC1. The average Bonchev–Trinajstić information content (AvgIpc) is 3.07. The Balaban J connectivity index is 1.68. The fraction of sp³-hybridized carbons (Fsp3) is 0.824. The molecule has 0 nitrogen and oxygen atoms in total. The van der Waals surface area contributed by atoms with Gasteiger partial charge in [-0.2, -0.15) is 83.4 Å². The Kier molecular flexibility index (Phi) is 13.2. The molecule has 0 radical (unpaired) electrons. The van der Waals surface area contributed by atoms with Crippen LogP contribution in [0.2, 0.25) is 0 Å². The molecule has 0 unspecified atom stereocenters. The van der Waals surface area contributed by atoms with Crippen molar-refractivity contribution in [2.24, 2.45) is 23.7 Å². The molecule has 2 fully saturated rings. The maximum absolute atomic E-state index is 14.7. The van der Waals surface area contributed by atoms with Gasteiger partial charge in [0.1, 0.15) is 0 Å². The summed E-state index contributed by atoms with van der Waals surface area (Å²) >= 11 is 0. The van der Waals surface area contributed by atoms with E-state index in [0.29, 0.717) is 30.4 Å². The minimum Gasteiger partial charge on any atom is -0.194 e. The summed E-state index contributed by atoms with van der Waals surface area (Å²) in [5.41, 5.74) is -2.10. The van der Waals surface area contributed by atoms with Gasteiger partial charge in [0.05, 0.1) is 0 Å². The van der Waals surface area contributed by atoms with Gasteiger partial charge < -0.3 is 0 Å². The zero-order valence-electron chi connectivity index (χ0n) is 28.2. The number of unbranched alkanes of at least 4 members (excludes halogenated alkanes) is 2. The number of hydrogen-bond donors (Lipinski definition) is 0. The van der Waals surface area contributed by atoms with Gasteiger partial charge >= 0.3 is 53.6 Å². The number of benzene rings is 1. The van der Waals surface area contributed by atoms with Gasteiger partial charge in [0.25, 0.3) is 0 Å². The van der Waals surface area contributed by atoms with E-state index in [2.05, 4.69) is 6.92 Å². The molecule has 0 heterocycles. The lowest BCUT2D eigenvalue weighted by Gasteiger charge is -2.43. The second kappa shape index (κ2) is 15.4. The Hall–Kier alpha value is -2.11. The van der Waals surface area contributed by atoms with E-state index in [1.165, 1.54) is 32.1 Å². The van der Waals surface area contributed by atoms with Crippen LogP contribution in [0.1, 0.15) is 102 Å². The molecule has 2 aliphatic carbocycles. The van der Waals surface area contributed by atoms with E-state index >= 15 is 0 Å². The van der Waals surface area contributed by atoms with Crippen LogP contribution in [0.15, 0.2) is 24.3 Å². The summed E-state index contributed by atoms with van der Waals surface area (Å²) < 4.78 is 260. The summed E-state index contributed by atoms with van der Waals surface area (Å²) in [5, 5.41) is 0. The standard InChI is InChI=1S/C34H39F19/c1-2-3-4-5-20-8-14-23(15-9-20)24-16-10-21(11-17-24)6-7-22-12-18-25(19-13-22)26(35,36)27(37,38)28(39,40)29(41,42)30(43,44)31(45,46)32(47,48)33(49,50)34(51,52)53/h12-13,18-21,23-24H,2-11,14-17H2,1H3. The molecule has 2 aliphatic rings. The van der Waals surface area contributed by atoms with E-state index in [1.807, 2.05) is 0 Å². The van der Waals surface area contributed by atoms with Gasteiger partial charge in [0.2, 0.25) is 0 Å². The van der Waals surface area contributed by atoms with Crippen LogP contribution in [0.5, 0.6) is 0 Å². The third-order valence-corrected chi connectivity index (χ3v) is 10.9. The lowest BCUT2D eigenvalue weighted by atomic mass is 9.68. The van der Waals surface area contributed by atoms with Gasteiger partial charge in [-0.05, 0) is 67.8 Å². The van der Waals surface area contributed by atoms with E-state index < -0.39 is 59.1 Å². The van der Waals surface area contributed by atoms with Crippen molar-refractivity contribution in [1.82, 2.24) is 0 Å². The molecule has 0 bridgehead atoms. The van der Waals surface area contributed by atoms with Crippen LogP contribution < -0.4 is 0 Å². The Bertz CT molecular complexity index is 1320. The van der Waals surface area contributed by atoms with Crippen LogP contribution in [0, 0.1) is 23.7 Å². The molecule has 2 saturated carbocycles. The van der Waals surface area contributed by atoms with Crippen molar-refractivity contribution in [1.29, 1.82) is 0 Å². The van der Waals surface area contributed by atoms with Gasteiger partial charge in [-0.1, -0.05) is 82.6 Å². The molecule has 3 rings (SSSR count). The molecule has 53 heavy (non-hydrogen) atoms. The number of aryl methyl sites for hydroxylation is 1. The van der Waals surface area contributed by atoms with Crippen molar-refractivity contribution < 1.29 is 83.4 Å². The Morgan fingerprint density at radius 3 is 1.17 bits per heavy atom. The third kappa shape index (κ3) is 7.96. The van der Waals surface area contributed by atoms with Crippen LogP contribution in [0.4, 0.5) is 83.4 Å². The normalized spacial score (nSPS) is 23.7. The minimum absolute atomic E-state index is 0.0117. The second-order valence-electron chi connectivity index (χ2n) is 14.4. The van der Waals surface area contributed by atoms with Crippen LogP contribution in [0.25, 0.3) is 0 Å². The zero-order valence-corrected chi connectivity index (χ0v) is 28.2. The highest BCUT2D eigenvalue weighted by molar-refractivity contribution is 5.30. The fourth-order valence-corrected chi connectivity index (χ4v) is 7.37. The summed E-state index contributed by atoms with van der Waals surface area (Å²) in [6.45, 7) is 2.15. The molecule has 0 spiro atoms. The first-order valence-electron chi connectivity index (χ1n) is 17.1. The van der Waals surface area contributed by atoms with Crippen molar-refractivity contribution >= 4 is 0 Å². The van der Waals surface area contributed by atoms with Crippen LogP contribution >= 0.6 is 0 Å². The van der Waals surface area contributed by atoms with Crippen LogP contribution in [-0.4, -0.2) is 47.6 Å². The molecular formula is C34H39F19. The maximum atomic E-state index is 14.7. The van der Waals surface area contributed by atoms with Crippen molar-refractivity contribution in [2.75, 3.05) is 0 Å². The largest absolute Gasteiger partial charge is 0.460 e. The predicted octanol–water partition coefficient (Wildman–Crippen LogP) is 13.9. The average molecular weight is 809 g/mol. The molecule has 0 aliphatic heterocycles.